The van der Waals surface area contributed by atoms with Gasteiger partial charge < -0.3 is 10.6 Å². The van der Waals surface area contributed by atoms with E-state index < -0.39 is 0 Å². The summed E-state index contributed by atoms with van der Waals surface area (Å²) in [7, 11) is 0. The summed E-state index contributed by atoms with van der Waals surface area (Å²) in [5.74, 6) is 0.727. The normalized spacial score (nSPS) is 14.9. The highest BCUT2D eigenvalue weighted by Crippen LogP contribution is 2.36. The van der Waals surface area contributed by atoms with Crippen LogP contribution in [0.2, 0.25) is 0 Å². The molecule has 3 rings (SSSR count). The Balaban J connectivity index is 2.05. The number of hydrogen-bond donors (Lipinski definition) is 1. The summed E-state index contributed by atoms with van der Waals surface area (Å²) in [6.45, 7) is 7.78. The maximum atomic E-state index is 6.00. The Morgan fingerprint density at radius 3 is 2.71 bits per heavy atom. The van der Waals surface area contributed by atoms with Crippen LogP contribution in [0, 0.1) is 12.8 Å². The molecule has 0 atom stereocenters. The number of nitrogen functional groups attached to an aromatic ring is 1. The fourth-order valence-electron chi connectivity index (χ4n) is 2.88. The van der Waals surface area contributed by atoms with E-state index in [1.165, 1.54) is 30.3 Å². The Bertz CT molecular complexity index is 644. The number of fused-ring (bicyclic) bond motifs is 1. The summed E-state index contributed by atoms with van der Waals surface area (Å²) in [6.07, 6.45) is 3.84. The van der Waals surface area contributed by atoms with Gasteiger partial charge in [-0.15, -0.1) is 0 Å². The molecule has 2 N–H and O–H groups in total. The number of aromatic nitrogens is 1. The molecule has 3 nitrogen and oxygen atoms in total. The summed E-state index contributed by atoms with van der Waals surface area (Å²) in [5, 5.41) is 1.19. The highest BCUT2D eigenvalue weighted by atomic mass is 15.2. The van der Waals surface area contributed by atoms with Crippen molar-refractivity contribution in [3.8, 4) is 0 Å². The Kier molecular flexibility index (Phi) is 3.75. The molecule has 0 saturated heterocycles. The van der Waals surface area contributed by atoms with Crippen LogP contribution in [0.1, 0.15) is 38.8 Å². The zero-order chi connectivity index (χ0) is 15.0. The van der Waals surface area contributed by atoms with Crippen LogP contribution in [-0.2, 0) is 0 Å². The number of rotatable bonds is 5. The van der Waals surface area contributed by atoms with Crippen LogP contribution in [0.25, 0.3) is 10.9 Å². The molecule has 0 bridgehead atoms. The molecule has 1 aliphatic rings. The van der Waals surface area contributed by atoms with Crippen LogP contribution in [0.4, 0.5) is 11.4 Å². The average Bonchev–Trinajstić information content (AvgIpc) is 3.24. The second-order valence-electron chi connectivity index (χ2n) is 6.67. The van der Waals surface area contributed by atoms with Gasteiger partial charge in [-0.2, -0.15) is 0 Å². The van der Waals surface area contributed by atoms with Gasteiger partial charge >= 0.3 is 0 Å². The van der Waals surface area contributed by atoms with Crippen LogP contribution in [0.5, 0.6) is 0 Å². The molecule has 0 unspecified atom stereocenters. The van der Waals surface area contributed by atoms with Crippen molar-refractivity contribution >= 4 is 22.3 Å². The van der Waals surface area contributed by atoms with Gasteiger partial charge in [0, 0.05) is 35.0 Å². The molecular formula is C18H25N3. The molecule has 3 heteroatoms. The van der Waals surface area contributed by atoms with Gasteiger partial charge in [0.2, 0.25) is 0 Å². The van der Waals surface area contributed by atoms with Crippen molar-refractivity contribution < 1.29 is 0 Å². The van der Waals surface area contributed by atoms with Crippen LogP contribution in [0.15, 0.2) is 24.3 Å². The lowest BCUT2D eigenvalue weighted by Crippen LogP contribution is -2.28. The number of anilines is 2. The van der Waals surface area contributed by atoms with Gasteiger partial charge in [0.25, 0.3) is 0 Å². The molecular weight excluding hydrogens is 258 g/mol. The fourth-order valence-corrected chi connectivity index (χ4v) is 2.88. The lowest BCUT2D eigenvalue weighted by Gasteiger charge is -2.27. The number of aryl methyl sites for hydroxylation is 1. The third-order valence-electron chi connectivity index (χ3n) is 4.18. The summed E-state index contributed by atoms with van der Waals surface area (Å²) < 4.78 is 0. The quantitative estimate of drug-likeness (QED) is 0.839. The Hall–Kier alpha value is -1.77. The second kappa shape index (κ2) is 5.55. The number of pyridine rings is 1. The van der Waals surface area contributed by atoms with E-state index in [0.29, 0.717) is 6.04 Å². The maximum absolute atomic E-state index is 6.00. The zero-order valence-electron chi connectivity index (χ0n) is 13.3. The minimum atomic E-state index is 0.704. The smallest absolute Gasteiger partial charge is 0.0727 e. The summed E-state index contributed by atoms with van der Waals surface area (Å²) in [4.78, 5) is 7.23. The number of hydrogen-bond acceptors (Lipinski definition) is 3. The fraction of sp³-hybridized carbons (Fsp3) is 0.500. The maximum Gasteiger partial charge on any atom is 0.0727 e. The van der Waals surface area contributed by atoms with E-state index in [2.05, 4.69) is 42.8 Å². The van der Waals surface area contributed by atoms with Gasteiger partial charge in [0.1, 0.15) is 0 Å². The number of benzene rings is 1. The molecule has 1 heterocycles. The Morgan fingerprint density at radius 1 is 1.29 bits per heavy atom. The number of nitrogens with two attached hydrogens (primary N) is 1. The van der Waals surface area contributed by atoms with E-state index in [1.54, 1.807) is 0 Å². The molecule has 0 radical (unpaired) electrons. The van der Waals surface area contributed by atoms with E-state index in [0.717, 1.165) is 29.4 Å². The SMILES string of the molecule is Cc1cc(N(CCC(C)C)C2CC2)c2cc(N)ccc2n1. The third kappa shape index (κ3) is 3.12. The largest absolute Gasteiger partial charge is 0.399 e. The molecule has 0 aliphatic heterocycles. The van der Waals surface area contributed by atoms with Gasteiger partial charge in [0.05, 0.1) is 5.52 Å². The molecule has 1 saturated carbocycles. The van der Waals surface area contributed by atoms with Crippen molar-refractivity contribution in [3.63, 3.8) is 0 Å². The van der Waals surface area contributed by atoms with E-state index in [-0.39, 0.29) is 0 Å². The highest BCUT2D eigenvalue weighted by molar-refractivity contribution is 5.94. The first-order valence-corrected chi connectivity index (χ1v) is 7.98. The lowest BCUT2D eigenvalue weighted by molar-refractivity contribution is 0.571. The van der Waals surface area contributed by atoms with Gasteiger partial charge in [-0.25, -0.2) is 0 Å². The zero-order valence-corrected chi connectivity index (χ0v) is 13.3. The first kappa shape index (κ1) is 14.2. The monoisotopic (exact) mass is 283 g/mol. The van der Waals surface area contributed by atoms with Crippen LogP contribution in [-0.4, -0.2) is 17.6 Å². The first-order chi connectivity index (χ1) is 10.0. The van der Waals surface area contributed by atoms with Gasteiger partial charge in [-0.05, 0) is 56.4 Å². The van der Waals surface area contributed by atoms with Crippen LogP contribution < -0.4 is 10.6 Å². The van der Waals surface area contributed by atoms with Gasteiger partial charge in [0.15, 0.2) is 0 Å². The van der Waals surface area contributed by atoms with Crippen molar-refractivity contribution in [2.45, 2.75) is 46.1 Å². The first-order valence-electron chi connectivity index (χ1n) is 7.98. The van der Waals surface area contributed by atoms with Crippen molar-refractivity contribution in [1.82, 2.24) is 4.98 Å². The lowest BCUT2D eigenvalue weighted by atomic mass is 10.1. The number of nitrogens with zero attached hydrogens (tertiary/aromatic N) is 2. The molecule has 0 spiro atoms. The predicted octanol–water partition coefficient (Wildman–Crippen LogP) is 4.14. The van der Waals surface area contributed by atoms with Crippen molar-refractivity contribution in [2.24, 2.45) is 5.92 Å². The van der Waals surface area contributed by atoms with Crippen molar-refractivity contribution in [2.75, 3.05) is 17.2 Å². The van der Waals surface area contributed by atoms with E-state index in [4.69, 9.17) is 5.73 Å². The van der Waals surface area contributed by atoms with E-state index >= 15 is 0 Å². The summed E-state index contributed by atoms with van der Waals surface area (Å²) >= 11 is 0. The Labute approximate surface area is 127 Å². The molecule has 1 fully saturated rings. The predicted molar refractivity (Wildman–Crippen MR) is 90.7 cm³/mol. The van der Waals surface area contributed by atoms with Crippen molar-refractivity contribution in [1.29, 1.82) is 0 Å². The minimum absolute atomic E-state index is 0.704. The molecule has 1 aromatic heterocycles. The van der Waals surface area contributed by atoms with E-state index in [9.17, 15) is 0 Å². The standard InChI is InChI=1S/C18H25N3/c1-12(2)8-9-21(15-5-6-15)18-10-13(3)20-17-7-4-14(19)11-16(17)18/h4,7,10-12,15H,5-6,8-9,19H2,1-3H3. The average molecular weight is 283 g/mol. The molecule has 21 heavy (non-hydrogen) atoms. The summed E-state index contributed by atoms with van der Waals surface area (Å²) in [6, 6.07) is 8.97. The molecule has 1 aromatic carbocycles. The second-order valence-corrected chi connectivity index (χ2v) is 6.67. The van der Waals surface area contributed by atoms with Crippen LogP contribution in [0.3, 0.4) is 0 Å². The van der Waals surface area contributed by atoms with E-state index in [1.807, 2.05) is 12.1 Å². The third-order valence-corrected chi connectivity index (χ3v) is 4.18. The molecule has 0 amide bonds. The highest BCUT2D eigenvalue weighted by Gasteiger charge is 2.30. The molecule has 112 valence electrons. The van der Waals surface area contributed by atoms with Crippen molar-refractivity contribution in [3.05, 3.63) is 30.0 Å². The molecule has 2 aromatic rings. The van der Waals surface area contributed by atoms with Gasteiger partial charge in [-0.1, -0.05) is 13.8 Å². The minimum Gasteiger partial charge on any atom is -0.399 e. The van der Waals surface area contributed by atoms with Gasteiger partial charge in [-0.3, -0.25) is 4.98 Å². The van der Waals surface area contributed by atoms with Crippen LogP contribution >= 0.6 is 0 Å². The molecule has 1 aliphatic carbocycles. The topological polar surface area (TPSA) is 42.1 Å². The summed E-state index contributed by atoms with van der Waals surface area (Å²) in [5.41, 5.74) is 10.3. The Morgan fingerprint density at radius 2 is 2.05 bits per heavy atom.